The molecule has 2 heterocycles. The first-order valence-electron chi connectivity index (χ1n) is 10.5. The number of esters is 1. The largest absolute Gasteiger partial charge is 0.449 e. The van der Waals surface area contributed by atoms with E-state index in [1.165, 1.54) is 0 Å². The van der Waals surface area contributed by atoms with E-state index >= 15 is 0 Å². The molecule has 0 aromatic heterocycles. The smallest absolute Gasteiger partial charge is 0.339 e. The zero-order valence-corrected chi connectivity index (χ0v) is 17.4. The fourth-order valence-electron chi connectivity index (χ4n) is 4.84. The third-order valence-electron chi connectivity index (χ3n) is 6.33. The molecule has 0 fully saturated rings. The second kappa shape index (κ2) is 6.92. The molecule has 4 aromatic carbocycles. The molecule has 154 valence electrons. The minimum atomic E-state index is -0.680. The Morgan fingerprint density at radius 2 is 1.47 bits per heavy atom. The number of hydrogen-bond acceptors (Lipinski definition) is 3. The predicted molar refractivity (Wildman–Crippen MR) is 125 cm³/mol. The lowest BCUT2D eigenvalue weighted by atomic mass is 9.82. The lowest BCUT2D eigenvalue weighted by Crippen LogP contribution is -2.25. The molecule has 0 saturated carbocycles. The fraction of sp³-hybridized carbons (Fsp3) is 0.0714. The quantitative estimate of drug-likeness (QED) is 0.297. The molecular weight excluding hydrogens is 398 g/mol. The van der Waals surface area contributed by atoms with Gasteiger partial charge in [-0.15, -0.1) is 0 Å². The normalized spacial score (nSPS) is 19.7. The molecule has 4 aromatic rings. The van der Waals surface area contributed by atoms with Crippen molar-refractivity contribution < 1.29 is 14.3 Å². The molecule has 0 radical (unpaired) electrons. The number of likely N-dealkylation sites (N-methyl/N-ethyl adjacent to an activating group) is 1. The van der Waals surface area contributed by atoms with Crippen LogP contribution in [0.4, 0.5) is 5.69 Å². The van der Waals surface area contributed by atoms with E-state index in [9.17, 15) is 9.59 Å². The first-order chi connectivity index (χ1) is 15.6. The van der Waals surface area contributed by atoms with Crippen LogP contribution in [0.15, 0.2) is 91.0 Å². The summed E-state index contributed by atoms with van der Waals surface area (Å²) in [6.45, 7) is 0. The standard InChI is InChI=1S/C28H19NO3/c1-29-22-14-8-7-13-20(22)24(27(29)30)25-23-19-12-6-5-9-17(19)15-16-21(23)28(31)32-26(25)18-10-3-2-4-11-18/h2-16,26H,1H3/b25-24+. The molecule has 0 spiro atoms. The van der Waals surface area contributed by atoms with E-state index in [4.69, 9.17) is 4.74 Å². The van der Waals surface area contributed by atoms with Gasteiger partial charge in [-0.3, -0.25) is 4.79 Å². The molecule has 0 saturated heterocycles. The van der Waals surface area contributed by atoms with E-state index in [2.05, 4.69) is 0 Å². The van der Waals surface area contributed by atoms with Crippen molar-refractivity contribution in [3.05, 3.63) is 113 Å². The fourth-order valence-corrected chi connectivity index (χ4v) is 4.84. The van der Waals surface area contributed by atoms with Gasteiger partial charge in [0.1, 0.15) is 0 Å². The number of carbonyl (C=O) groups is 2. The highest BCUT2D eigenvalue weighted by Crippen LogP contribution is 2.50. The maximum Gasteiger partial charge on any atom is 0.339 e. The second-order valence-corrected chi connectivity index (χ2v) is 8.08. The summed E-state index contributed by atoms with van der Waals surface area (Å²) < 4.78 is 6.00. The summed E-state index contributed by atoms with van der Waals surface area (Å²) in [4.78, 5) is 28.4. The van der Waals surface area contributed by atoms with Gasteiger partial charge >= 0.3 is 5.97 Å². The van der Waals surface area contributed by atoms with Crippen molar-refractivity contribution in [2.45, 2.75) is 6.10 Å². The number of rotatable bonds is 1. The van der Waals surface area contributed by atoms with Crippen LogP contribution in [-0.4, -0.2) is 18.9 Å². The van der Waals surface area contributed by atoms with Crippen LogP contribution in [0.3, 0.4) is 0 Å². The average molecular weight is 417 g/mol. The molecule has 6 rings (SSSR count). The van der Waals surface area contributed by atoms with E-state index in [1.54, 1.807) is 18.0 Å². The maximum atomic E-state index is 13.6. The highest BCUT2D eigenvalue weighted by atomic mass is 16.5. The second-order valence-electron chi connectivity index (χ2n) is 8.08. The minimum Gasteiger partial charge on any atom is -0.449 e. The van der Waals surface area contributed by atoms with Crippen molar-refractivity contribution >= 4 is 39.5 Å². The van der Waals surface area contributed by atoms with Crippen molar-refractivity contribution in [1.82, 2.24) is 0 Å². The lowest BCUT2D eigenvalue weighted by molar-refractivity contribution is -0.112. The van der Waals surface area contributed by atoms with Crippen LogP contribution < -0.4 is 4.90 Å². The van der Waals surface area contributed by atoms with Crippen molar-refractivity contribution in [3.63, 3.8) is 0 Å². The van der Waals surface area contributed by atoms with Crippen LogP contribution in [0.2, 0.25) is 0 Å². The van der Waals surface area contributed by atoms with Gasteiger partial charge < -0.3 is 9.64 Å². The Morgan fingerprint density at radius 1 is 0.750 bits per heavy atom. The Bertz CT molecular complexity index is 1450. The molecule has 0 N–H and O–H groups in total. The van der Waals surface area contributed by atoms with Gasteiger partial charge in [-0.05, 0) is 28.5 Å². The summed E-state index contributed by atoms with van der Waals surface area (Å²) in [6.07, 6.45) is -0.680. The topological polar surface area (TPSA) is 46.6 Å². The summed E-state index contributed by atoms with van der Waals surface area (Å²) in [5.74, 6) is -0.477. The molecule has 32 heavy (non-hydrogen) atoms. The molecule has 1 atom stereocenters. The number of amides is 1. The van der Waals surface area contributed by atoms with Gasteiger partial charge in [0, 0.05) is 23.7 Å². The molecule has 1 amide bonds. The zero-order chi connectivity index (χ0) is 21.8. The van der Waals surface area contributed by atoms with Crippen LogP contribution in [0.25, 0.3) is 21.9 Å². The molecule has 2 aliphatic rings. The van der Waals surface area contributed by atoms with Crippen LogP contribution >= 0.6 is 0 Å². The number of ether oxygens (including phenoxy) is 1. The number of benzene rings is 4. The van der Waals surface area contributed by atoms with Crippen molar-refractivity contribution in [2.75, 3.05) is 11.9 Å². The van der Waals surface area contributed by atoms with E-state index in [-0.39, 0.29) is 11.9 Å². The number of nitrogens with zero attached hydrogens (tertiary/aromatic N) is 1. The lowest BCUT2D eigenvalue weighted by Gasteiger charge is -2.30. The van der Waals surface area contributed by atoms with Crippen molar-refractivity contribution in [2.24, 2.45) is 0 Å². The van der Waals surface area contributed by atoms with Gasteiger partial charge in [-0.2, -0.15) is 0 Å². The van der Waals surface area contributed by atoms with Gasteiger partial charge in [0.15, 0.2) is 6.10 Å². The molecular formula is C28H19NO3. The van der Waals surface area contributed by atoms with Crippen molar-refractivity contribution in [1.29, 1.82) is 0 Å². The summed E-state index contributed by atoms with van der Waals surface area (Å²) in [5, 5.41) is 1.95. The van der Waals surface area contributed by atoms with E-state index < -0.39 is 6.10 Å². The third kappa shape index (κ3) is 2.56. The molecule has 1 unspecified atom stereocenters. The zero-order valence-electron chi connectivity index (χ0n) is 17.4. The first-order valence-corrected chi connectivity index (χ1v) is 10.5. The molecule has 0 aliphatic carbocycles. The Morgan fingerprint density at radius 3 is 2.31 bits per heavy atom. The SMILES string of the molecule is CN1C(=O)/C(=C2\c3c(ccc4ccccc34)C(=O)OC2c2ccccc2)c2ccccc21. The van der Waals surface area contributed by atoms with E-state index in [1.807, 2.05) is 84.9 Å². The summed E-state index contributed by atoms with van der Waals surface area (Å²) >= 11 is 0. The highest BCUT2D eigenvalue weighted by Gasteiger charge is 2.41. The minimum absolute atomic E-state index is 0.0982. The molecule has 4 nitrogen and oxygen atoms in total. The number of carbonyl (C=O) groups excluding carboxylic acids is 2. The number of cyclic esters (lactones) is 1. The Labute approximate surface area is 185 Å². The predicted octanol–water partition coefficient (Wildman–Crippen LogP) is 5.64. The Kier molecular flexibility index (Phi) is 4.02. The van der Waals surface area contributed by atoms with Gasteiger partial charge in [-0.1, -0.05) is 78.9 Å². The monoisotopic (exact) mass is 417 g/mol. The van der Waals surface area contributed by atoms with Crippen molar-refractivity contribution in [3.8, 4) is 0 Å². The Balaban J connectivity index is 1.78. The van der Waals surface area contributed by atoms with Gasteiger partial charge in [-0.25, -0.2) is 4.79 Å². The van der Waals surface area contributed by atoms with Gasteiger partial charge in [0.25, 0.3) is 5.91 Å². The van der Waals surface area contributed by atoms with Crippen LogP contribution in [0.5, 0.6) is 0 Å². The van der Waals surface area contributed by atoms with E-state index in [0.717, 1.165) is 38.7 Å². The third-order valence-corrected chi connectivity index (χ3v) is 6.33. The number of para-hydroxylation sites is 1. The molecule has 0 bridgehead atoms. The molecule has 4 heteroatoms. The van der Waals surface area contributed by atoms with Crippen LogP contribution in [-0.2, 0) is 9.53 Å². The Hall–Kier alpha value is -4.18. The maximum absolute atomic E-state index is 13.6. The average Bonchev–Trinajstić information content (AvgIpc) is 3.09. The van der Waals surface area contributed by atoms with Crippen LogP contribution in [0, 0.1) is 0 Å². The summed E-state index contributed by atoms with van der Waals surface area (Å²) in [7, 11) is 1.78. The number of hydrogen-bond donors (Lipinski definition) is 0. The number of fused-ring (bicyclic) bond motifs is 4. The highest BCUT2D eigenvalue weighted by molar-refractivity contribution is 6.39. The van der Waals surface area contributed by atoms with Gasteiger partial charge in [0.05, 0.1) is 16.8 Å². The van der Waals surface area contributed by atoms with Crippen LogP contribution in [0.1, 0.15) is 33.2 Å². The summed E-state index contributed by atoms with van der Waals surface area (Å²) in [5.41, 5.74) is 5.13. The number of anilines is 1. The first kappa shape index (κ1) is 18.6. The summed E-state index contributed by atoms with van der Waals surface area (Å²) in [6, 6.07) is 29.1. The van der Waals surface area contributed by atoms with E-state index in [0.29, 0.717) is 11.1 Å². The molecule has 2 aliphatic heterocycles. The van der Waals surface area contributed by atoms with Gasteiger partial charge in [0.2, 0.25) is 0 Å².